The summed E-state index contributed by atoms with van der Waals surface area (Å²) >= 11 is 0. The number of ether oxygens (including phenoxy) is 1. The predicted octanol–water partition coefficient (Wildman–Crippen LogP) is 2.88. The molecule has 0 aliphatic heterocycles. The third kappa shape index (κ3) is 4.51. The number of halogens is 3. The molecule has 1 aliphatic rings. The molecule has 1 aromatic rings. The van der Waals surface area contributed by atoms with Crippen LogP contribution in [0.4, 0.5) is 13.2 Å². The standard InChI is InChI=1S/C14H18F3NO/c15-14(16,17)10-19-7-3-6-18-9-12-8-11-4-1-2-5-13(11)12/h1-2,4-5,12,18H,3,6-10H2. The van der Waals surface area contributed by atoms with Gasteiger partial charge in [0, 0.05) is 19.1 Å². The molecule has 2 rings (SSSR count). The van der Waals surface area contributed by atoms with Gasteiger partial charge in [0.25, 0.3) is 0 Å². The van der Waals surface area contributed by atoms with Crippen LogP contribution >= 0.6 is 0 Å². The summed E-state index contributed by atoms with van der Waals surface area (Å²) in [6.45, 7) is 0.573. The van der Waals surface area contributed by atoms with Crippen LogP contribution in [0.2, 0.25) is 0 Å². The Labute approximate surface area is 111 Å². The lowest BCUT2D eigenvalue weighted by molar-refractivity contribution is -0.173. The summed E-state index contributed by atoms with van der Waals surface area (Å²) in [4.78, 5) is 0. The monoisotopic (exact) mass is 273 g/mol. The maximum Gasteiger partial charge on any atom is 0.411 e. The smallest absolute Gasteiger partial charge is 0.372 e. The predicted molar refractivity (Wildman–Crippen MR) is 67.2 cm³/mol. The van der Waals surface area contributed by atoms with Crippen molar-refractivity contribution < 1.29 is 17.9 Å². The first-order valence-corrected chi connectivity index (χ1v) is 6.49. The van der Waals surface area contributed by atoms with Crippen molar-refractivity contribution in [3.63, 3.8) is 0 Å². The lowest BCUT2D eigenvalue weighted by atomic mass is 9.77. The van der Waals surface area contributed by atoms with Crippen molar-refractivity contribution in [2.45, 2.75) is 24.9 Å². The first-order valence-electron chi connectivity index (χ1n) is 6.49. The van der Waals surface area contributed by atoms with E-state index in [2.05, 4.69) is 22.2 Å². The minimum Gasteiger partial charge on any atom is -0.372 e. The minimum absolute atomic E-state index is 0.147. The van der Waals surface area contributed by atoms with E-state index in [9.17, 15) is 13.2 Å². The highest BCUT2D eigenvalue weighted by molar-refractivity contribution is 5.40. The molecule has 1 aromatic carbocycles. The van der Waals surface area contributed by atoms with Crippen molar-refractivity contribution in [1.29, 1.82) is 0 Å². The van der Waals surface area contributed by atoms with E-state index in [1.165, 1.54) is 11.1 Å². The number of alkyl halides is 3. The Balaban J connectivity index is 1.50. The Morgan fingerprint density at radius 3 is 2.79 bits per heavy atom. The Morgan fingerprint density at radius 1 is 1.26 bits per heavy atom. The van der Waals surface area contributed by atoms with Crippen LogP contribution in [0.25, 0.3) is 0 Å². The fourth-order valence-electron chi connectivity index (χ4n) is 2.31. The van der Waals surface area contributed by atoms with Crippen molar-refractivity contribution in [2.24, 2.45) is 0 Å². The third-order valence-electron chi connectivity index (χ3n) is 3.26. The van der Waals surface area contributed by atoms with Crippen LogP contribution in [-0.2, 0) is 11.2 Å². The molecule has 0 saturated heterocycles. The molecule has 0 amide bonds. The van der Waals surface area contributed by atoms with Gasteiger partial charge in [0.05, 0.1) is 0 Å². The van der Waals surface area contributed by atoms with Crippen molar-refractivity contribution in [3.05, 3.63) is 35.4 Å². The van der Waals surface area contributed by atoms with E-state index in [-0.39, 0.29) is 6.61 Å². The average molecular weight is 273 g/mol. The molecule has 2 nitrogen and oxygen atoms in total. The van der Waals surface area contributed by atoms with Crippen molar-refractivity contribution in [3.8, 4) is 0 Å². The SMILES string of the molecule is FC(F)(F)COCCCNCC1Cc2ccccc21. The molecule has 0 aromatic heterocycles. The van der Waals surface area contributed by atoms with Gasteiger partial charge in [-0.25, -0.2) is 0 Å². The summed E-state index contributed by atoms with van der Waals surface area (Å²) in [7, 11) is 0. The van der Waals surface area contributed by atoms with Gasteiger partial charge in [-0.15, -0.1) is 0 Å². The maximum atomic E-state index is 11.8. The lowest BCUT2D eigenvalue weighted by Crippen LogP contribution is -2.30. The number of fused-ring (bicyclic) bond motifs is 1. The highest BCUT2D eigenvalue weighted by atomic mass is 19.4. The molecule has 0 radical (unpaired) electrons. The van der Waals surface area contributed by atoms with Crippen molar-refractivity contribution >= 4 is 0 Å². The molecular formula is C14H18F3NO. The highest BCUT2D eigenvalue weighted by Crippen LogP contribution is 2.33. The number of rotatable bonds is 7. The quantitative estimate of drug-likeness (QED) is 0.771. The molecular weight excluding hydrogens is 255 g/mol. The van der Waals surface area contributed by atoms with Gasteiger partial charge in [-0.05, 0) is 30.5 Å². The zero-order chi connectivity index (χ0) is 13.7. The van der Waals surface area contributed by atoms with E-state index in [4.69, 9.17) is 0 Å². The van der Waals surface area contributed by atoms with Gasteiger partial charge >= 0.3 is 6.18 Å². The summed E-state index contributed by atoms with van der Waals surface area (Å²) < 4.78 is 39.9. The Hall–Kier alpha value is -1.07. The number of hydrogen-bond acceptors (Lipinski definition) is 2. The molecule has 0 bridgehead atoms. The lowest BCUT2D eigenvalue weighted by Gasteiger charge is -2.30. The van der Waals surface area contributed by atoms with E-state index in [0.717, 1.165) is 13.0 Å². The second-order valence-electron chi connectivity index (χ2n) is 4.83. The number of nitrogens with one attached hydrogen (secondary N) is 1. The molecule has 1 atom stereocenters. The Kier molecular flexibility index (Phi) is 4.82. The summed E-state index contributed by atoms with van der Waals surface area (Å²) in [6, 6.07) is 8.35. The van der Waals surface area contributed by atoms with Crippen LogP contribution in [0, 0.1) is 0 Å². The van der Waals surface area contributed by atoms with Gasteiger partial charge in [0.2, 0.25) is 0 Å². The zero-order valence-corrected chi connectivity index (χ0v) is 10.7. The molecule has 19 heavy (non-hydrogen) atoms. The fourth-order valence-corrected chi connectivity index (χ4v) is 2.31. The summed E-state index contributed by atoms with van der Waals surface area (Å²) in [5, 5.41) is 3.26. The normalized spacial score (nSPS) is 17.9. The van der Waals surface area contributed by atoms with Crippen LogP contribution in [0.3, 0.4) is 0 Å². The third-order valence-corrected chi connectivity index (χ3v) is 3.26. The van der Waals surface area contributed by atoms with Crippen molar-refractivity contribution in [2.75, 3.05) is 26.3 Å². The van der Waals surface area contributed by atoms with Crippen LogP contribution in [0.15, 0.2) is 24.3 Å². The van der Waals surface area contributed by atoms with E-state index < -0.39 is 12.8 Å². The van der Waals surface area contributed by atoms with Gasteiger partial charge in [0.1, 0.15) is 6.61 Å². The van der Waals surface area contributed by atoms with E-state index in [1.807, 2.05) is 12.1 Å². The molecule has 0 spiro atoms. The molecule has 1 N–H and O–H groups in total. The Morgan fingerprint density at radius 2 is 2.05 bits per heavy atom. The number of hydrogen-bond donors (Lipinski definition) is 1. The van der Waals surface area contributed by atoms with Crippen LogP contribution in [-0.4, -0.2) is 32.5 Å². The summed E-state index contributed by atoms with van der Waals surface area (Å²) in [6.07, 6.45) is -2.53. The Bertz CT molecular complexity index is 406. The molecule has 106 valence electrons. The van der Waals surface area contributed by atoms with Crippen molar-refractivity contribution in [1.82, 2.24) is 5.32 Å². The number of benzene rings is 1. The molecule has 0 fully saturated rings. The van der Waals surface area contributed by atoms with Crippen LogP contribution < -0.4 is 5.32 Å². The first-order chi connectivity index (χ1) is 9.06. The van der Waals surface area contributed by atoms with E-state index >= 15 is 0 Å². The summed E-state index contributed by atoms with van der Waals surface area (Å²) in [5.41, 5.74) is 2.80. The first kappa shape index (κ1) is 14.3. The van der Waals surface area contributed by atoms with Crippen LogP contribution in [0.5, 0.6) is 0 Å². The minimum atomic E-state index is -4.22. The maximum absolute atomic E-state index is 11.8. The molecule has 0 heterocycles. The average Bonchev–Trinajstić information content (AvgIpc) is 2.31. The zero-order valence-electron chi connectivity index (χ0n) is 10.7. The topological polar surface area (TPSA) is 21.3 Å². The van der Waals surface area contributed by atoms with Gasteiger partial charge < -0.3 is 10.1 Å². The second kappa shape index (κ2) is 6.39. The molecule has 0 saturated carbocycles. The van der Waals surface area contributed by atoms with E-state index in [0.29, 0.717) is 18.9 Å². The summed E-state index contributed by atoms with van der Waals surface area (Å²) in [5.74, 6) is 0.548. The second-order valence-corrected chi connectivity index (χ2v) is 4.83. The largest absolute Gasteiger partial charge is 0.411 e. The van der Waals surface area contributed by atoms with Gasteiger partial charge in [-0.1, -0.05) is 24.3 Å². The fraction of sp³-hybridized carbons (Fsp3) is 0.571. The molecule has 1 unspecified atom stereocenters. The van der Waals surface area contributed by atoms with Gasteiger partial charge in [-0.3, -0.25) is 0 Å². The molecule has 1 aliphatic carbocycles. The van der Waals surface area contributed by atoms with Gasteiger partial charge in [0.15, 0.2) is 0 Å². The van der Waals surface area contributed by atoms with Gasteiger partial charge in [-0.2, -0.15) is 13.2 Å². The highest BCUT2D eigenvalue weighted by Gasteiger charge is 2.27. The van der Waals surface area contributed by atoms with Crippen LogP contribution in [0.1, 0.15) is 23.5 Å². The molecule has 5 heteroatoms. The van der Waals surface area contributed by atoms with E-state index in [1.54, 1.807) is 0 Å².